The van der Waals surface area contributed by atoms with E-state index in [9.17, 15) is 10.2 Å². The van der Waals surface area contributed by atoms with E-state index in [4.69, 9.17) is 14.5 Å². The van der Waals surface area contributed by atoms with Crippen molar-refractivity contribution >= 4 is 5.71 Å². The van der Waals surface area contributed by atoms with Crippen LogP contribution in [0.5, 0.6) is 23.0 Å². The number of ether oxygens (including phenoxy) is 2. The molecule has 1 aliphatic heterocycles. The van der Waals surface area contributed by atoms with Crippen molar-refractivity contribution in [1.29, 1.82) is 0 Å². The average Bonchev–Trinajstić information content (AvgIpc) is 2.60. The minimum atomic E-state index is -0.387. The smallest absolute Gasteiger partial charge is 0.204 e. The topological polar surface area (TPSA) is 71.3 Å². The summed E-state index contributed by atoms with van der Waals surface area (Å²) in [6.45, 7) is 4.84. The first-order valence-electron chi connectivity index (χ1n) is 8.30. The van der Waals surface area contributed by atoms with Crippen molar-refractivity contribution in [3.05, 3.63) is 34.9 Å². The molecule has 0 spiro atoms. The third-order valence-electron chi connectivity index (χ3n) is 5.30. The minimum Gasteiger partial charge on any atom is -0.508 e. The molecule has 130 valence electrons. The quantitative estimate of drug-likeness (QED) is 0.879. The number of rotatable bonds is 2. The molecule has 2 aliphatic rings. The molecule has 0 unspecified atom stereocenters. The maximum atomic E-state index is 11.0. The Morgan fingerprint density at radius 1 is 1.04 bits per heavy atom. The lowest BCUT2D eigenvalue weighted by molar-refractivity contribution is 0.330. The first-order valence-corrected chi connectivity index (χ1v) is 8.30. The third-order valence-corrected chi connectivity index (χ3v) is 5.30. The number of fused-ring (bicyclic) bond motifs is 2. The lowest BCUT2D eigenvalue weighted by atomic mass is 9.66. The van der Waals surface area contributed by atoms with Gasteiger partial charge >= 0.3 is 0 Å². The van der Waals surface area contributed by atoms with Gasteiger partial charge in [0, 0.05) is 28.7 Å². The Labute approximate surface area is 146 Å². The van der Waals surface area contributed by atoms with Crippen molar-refractivity contribution in [2.24, 2.45) is 4.99 Å². The lowest BCUT2D eigenvalue weighted by Gasteiger charge is -2.39. The highest BCUT2D eigenvalue weighted by molar-refractivity contribution is 6.18. The van der Waals surface area contributed by atoms with E-state index in [0.717, 1.165) is 34.4 Å². The van der Waals surface area contributed by atoms with Crippen LogP contribution in [0.1, 0.15) is 30.5 Å². The van der Waals surface area contributed by atoms with E-state index in [-0.39, 0.29) is 16.9 Å². The van der Waals surface area contributed by atoms with Crippen LogP contribution in [0.15, 0.2) is 23.2 Å². The minimum absolute atomic E-state index is 0.0511. The maximum absolute atomic E-state index is 11.0. The first-order chi connectivity index (χ1) is 11.9. The van der Waals surface area contributed by atoms with E-state index in [1.807, 2.05) is 6.07 Å². The van der Waals surface area contributed by atoms with E-state index >= 15 is 0 Å². The highest BCUT2D eigenvalue weighted by atomic mass is 16.5. The van der Waals surface area contributed by atoms with E-state index in [2.05, 4.69) is 13.8 Å². The van der Waals surface area contributed by atoms with Crippen LogP contribution in [-0.4, -0.2) is 36.7 Å². The Balaban J connectivity index is 2.21. The predicted octanol–water partition coefficient (Wildman–Crippen LogP) is 3.42. The monoisotopic (exact) mass is 339 g/mol. The molecule has 0 saturated carbocycles. The highest BCUT2D eigenvalue weighted by Gasteiger charge is 2.43. The van der Waals surface area contributed by atoms with Crippen molar-refractivity contribution in [1.82, 2.24) is 0 Å². The SMILES string of the molecule is COc1c(O)c2c3c(c1OC)CCN=C3C(C)(C)c1cc(O)ccc1-2. The molecule has 5 heteroatoms. The molecular formula is C20H21NO4. The number of aromatic hydroxyl groups is 2. The second-order valence-electron chi connectivity index (χ2n) is 6.98. The first kappa shape index (κ1) is 15.8. The maximum Gasteiger partial charge on any atom is 0.204 e. The summed E-state index contributed by atoms with van der Waals surface area (Å²) in [6, 6.07) is 5.24. The molecule has 1 heterocycles. The molecule has 2 aromatic carbocycles. The van der Waals surface area contributed by atoms with Gasteiger partial charge in [-0.3, -0.25) is 4.99 Å². The number of nitrogens with zero attached hydrogens (tertiary/aromatic N) is 1. The average molecular weight is 339 g/mol. The molecule has 2 aromatic rings. The van der Waals surface area contributed by atoms with Gasteiger partial charge in [-0.25, -0.2) is 0 Å². The van der Waals surface area contributed by atoms with Gasteiger partial charge in [0.05, 0.1) is 19.9 Å². The fourth-order valence-corrected chi connectivity index (χ4v) is 4.17. The van der Waals surface area contributed by atoms with Crippen LogP contribution in [0.25, 0.3) is 11.1 Å². The van der Waals surface area contributed by atoms with Gasteiger partial charge in [-0.15, -0.1) is 0 Å². The Bertz CT molecular complexity index is 928. The van der Waals surface area contributed by atoms with Gasteiger partial charge in [-0.1, -0.05) is 19.9 Å². The Morgan fingerprint density at radius 3 is 2.44 bits per heavy atom. The third kappa shape index (κ3) is 1.92. The highest BCUT2D eigenvalue weighted by Crippen LogP contribution is 2.56. The number of hydrogen-bond acceptors (Lipinski definition) is 5. The summed E-state index contributed by atoms with van der Waals surface area (Å²) in [7, 11) is 3.12. The summed E-state index contributed by atoms with van der Waals surface area (Å²) >= 11 is 0. The zero-order valence-electron chi connectivity index (χ0n) is 14.8. The van der Waals surface area contributed by atoms with Gasteiger partial charge in [0.15, 0.2) is 11.5 Å². The molecule has 0 fully saturated rings. The fourth-order valence-electron chi connectivity index (χ4n) is 4.17. The van der Waals surface area contributed by atoms with Gasteiger partial charge in [0.25, 0.3) is 0 Å². The van der Waals surface area contributed by atoms with Crippen LogP contribution >= 0.6 is 0 Å². The second kappa shape index (κ2) is 5.15. The lowest BCUT2D eigenvalue weighted by Crippen LogP contribution is -2.37. The van der Waals surface area contributed by atoms with Crippen LogP contribution in [0.4, 0.5) is 0 Å². The van der Waals surface area contributed by atoms with E-state index in [1.54, 1.807) is 19.2 Å². The van der Waals surface area contributed by atoms with Crippen LogP contribution in [0.2, 0.25) is 0 Å². The second-order valence-corrected chi connectivity index (χ2v) is 6.98. The standard InChI is InChI=1S/C20H21NO4/c1-20(2)13-9-10(22)5-6-11(13)14-15-12(7-8-21-19(15)20)17(24-3)18(25-4)16(14)23/h5-6,9,22-23H,7-8H2,1-4H3. The predicted molar refractivity (Wildman–Crippen MR) is 96.4 cm³/mol. The molecule has 4 rings (SSSR count). The molecule has 0 radical (unpaired) electrons. The summed E-state index contributed by atoms with van der Waals surface area (Å²) in [5.41, 5.74) is 5.02. The normalized spacial score (nSPS) is 16.6. The van der Waals surface area contributed by atoms with Crippen molar-refractivity contribution in [2.45, 2.75) is 25.7 Å². The van der Waals surface area contributed by atoms with E-state index < -0.39 is 0 Å². The van der Waals surface area contributed by atoms with Crippen molar-refractivity contribution in [3.8, 4) is 34.1 Å². The molecule has 0 atom stereocenters. The number of hydrogen-bond donors (Lipinski definition) is 2. The summed E-state index contributed by atoms with van der Waals surface area (Å²) in [5, 5.41) is 21.0. The molecule has 2 N–H and O–H groups in total. The fraction of sp³-hybridized carbons (Fsp3) is 0.350. The van der Waals surface area contributed by atoms with E-state index in [0.29, 0.717) is 23.6 Å². The number of phenolic OH excluding ortho intramolecular Hbond substituents is 2. The summed E-state index contributed by atoms with van der Waals surface area (Å²) < 4.78 is 11.0. The molecule has 1 aliphatic carbocycles. The van der Waals surface area contributed by atoms with E-state index in [1.165, 1.54) is 7.11 Å². The number of methoxy groups -OCH3 is 2. The van der Waals surface area contributed by atoms with Crippen LogP contribution < -0.4 is 9.47 Å². The van der Waals surface area contributed by atoms with Crippen molar-refractivity contribution in [3.63, 3.8) is 0 Å². The Morgan fingerprint density at radius 2 is 1.76 bits per heavy atom. The Hall–Kier alpha value is -2.69. The molecule has 25 heavy (non-hydrogen) atoms. The van der Waals surface area contributed by atoms with Crippen LogP contribution in [0, 0.1) is 0 Å². The van der Waals surface area contributed by atoms with Gasteiger partial charge in [-0.05, 0) is 29.7 Å². The zero-order chi connectivity index (χ0) is 17.9. The largest absolute Gasteiger partial charge is 0.508 e. The van der Waals surface area contributed by atoms with Crippen LogP contribution in [-0.2, 0) is 11.8 Å². The summed E-state index contributed by atoms with van der Waals surface area (Å²) in [4.78, 5) is 4.78. The molecule has 5 nitrogen and oxygen atoms in total. The van der Waals surface area contributed by atoms with Crippen LogP contribution in [0.3, 0.4) is 0 Å². The molecule has 0 amide bonds. The number of phenols is 2. The van der Waals surface area contributed by atoms with Gasteiger partial charge < -0.3 is 19.7 Å². The zero-order valence-corrected chi connectivity index (χ0v) is 14.8. The van der Waals surface area contributed by atoms with Gasteiger partial charge in [0.2, 0.25) is 5.75 Å². The summed E-state index contributed by atoms with van der Waals surface area (Å²) in [5.74, 6) is 1.17. The van der Waals surface area contributed by atoms with Gasteiger partial charge in [-0.2, -0.15) is 0 Å². The molecular weight excluding hydrogens is 318 g/mol. The number of aliphatic imine (C=N–C) groups is 1. The molecule has 0 bridgehead atoms. The molecule has 0 aromatic heterocycles. The summed E-state index contributed by atoms with van der Waals surface area (Å²) in [6.07, 6.45) is 0.731. The Kier molecular flexibility index (Phi) is 3.26. The van der Waals surface area contributed by atoms with Crippen molar-refractivity contribution in [2.75, 3.05) is 20.8 Å². The molecule has 0 saturated heterocycles. The number of benzene rings is 2. The van der Waals surface area contributed by atoms with Gasteiger partial charge in [0.1, 0.15) is 5.75 Å². The van der Waals surface area contributed by atoms with Crippen molar-refractivity contribution < 1.29 is 19.7 Å².